The maximum Gasteiger partial charge on any atom is 0.182 e. The molecule has 0 fully saturated rings. The standard InChI is InChI=1S/C20H15FN4S/c1-12-11-16(13-7-9-15(21)10-8-13)17(18(22)26)20-23-19(24-25(12)20)14-5-3-2-4-6-14/h2-11H,1H3,(H2,22,26). The number of thiocarbonyl (C=S) groups is 1. The number of hydrogen-bond acceptors (Lipinski definition) is 3. The van der Waals surface area contributed by atoms with E-state index in [9.17, 15) is 4.39 Å². The van der Waals surface area contributed by atoms with Crippen molar-refractivity contribution < 1.29 is 4.39 Å². The lowest BCUT2D eigenvalue weighted by Gasteiger charge is -2.11. The molecule has 2 N–H and O–H groups in total. The van der Waals surface area contributed by atoms with Gasteiger partial charge >= 0.3 is 0 Å². The summed E-state index contributed by atoms with van der Waals surface area (Å²) in [6.07, 6.45) is 0. The molecule has 0 spiro atoms. The first kappa shape index (κ1) is 16.4. The fourth-order valence-corrected chi connectivity index (χ4v) is 3.19. The number of benzene rings is 2. The second-order valence-electron chi connectivity index (χ2n) is 5.98. The fraction of sp³-hybridized carbons (Fsp3) is 0.0500. The van der Waals surface area contributed by atoms with E-state index >= 15 is 0 Å². The molecule has 0 aliphatic rings. The van der Waals surface area contributed by atoms with Crippen LogP contribution in [0.15, 0.2) is 60.7 Å². The van der Waals surface area contributed by atoms with Gasteiger partial charge in [0.2, 0.25) is 0 Å². The quantitative estimate of drug-likeness (QED) is 0.557. The molecule has 128 valence electrons. The molecular weight excluding hydrogens is 347 g/mol. The SMILES string of the molecule is Cc1cc(-c2ccc(F)cc2)c(C(N)=S)c2nc(-c3ccccc3)nn12. The van der Waals surface area contributed by atoms with Gasteiger partial charge in [-0.25, -0.2) is 13.9 Å². The fourth-order valence-electron chi connectivity index (χ4n) is 2.99. The largest absolute Gasteiger partial charge is 0.389 e. The second kappa shape index (κ2) is 6.31. The summed E-state index contributed by atoms with van der Waals surface area (Å²) < 4.78 is 15.0. The average molecular weight is 362 g/mol. The van der Waals surface area contributed by atoms with Crippen LogP contribution in [0.3, 0.4) is 0 Å². The first-order valence-electron chi connectivity index (χ1n) is 8.06. The predicted octanol–water partition coefficient (Wildman–Crippen LogP) is 4.15. The van der Waals surface area contributed by atoms with Gasteiger partial charge in [-0.1, -0.05) is 54.7 Å². The summed E-state index contributed by atoms with van der Waals surface area (Å²) in [5, 5.41) is 4.60. The molecule has 0 aliphatic heterocycles. The van der Waals surface area contributed by atoms with E-state index in [1.54, 1.807) is 16.6 Å². The molecule has 0 aliphatic carbocycles. The summed E-state index contributed by atoms with van der Waals surface area (Å²) in [6, 6.07) is 17.9. The molecule has 4 nitrogen and oxygen atoms in total. The van der Waals surface area contributed by atoms with Crippen molar-refractivity contribution in [3.8, 4) is 22.5 Å². The monoisotopic (exact) mass is 362 g/mol. The molecule has 2 aromatic heterocycles. The number of nitrogens with zero attached hydrogens (tertiary/aromatic N) is 3. The van der Waals surface area contributed by atoms with Crippen LogP contribution in [0.5, 0.6) is 0 Å². The first-order valence-corrected chi connectivity index (χ1v) is 8.47. The van der Waals surface area contributed by atoms with Crippen LogP contribution in [-0.4, -0.2) is 19.6 Å². The molecule has 0 radical (unpaired) electrons. The number of aromatic nitrogens is 3. The molecule has 0 amide bonds. The van der Waals surface area contributed by atoms with Crippen LogP contribution in [-0.2, 0) is 0 Å². The van der Waals surface area contributed by atoms with Gasteiger partial charge in [0.15, 0.2) is 11.5 Å². The smallest absolute Gasteiger partial charge is 0.182 e. The number of aryl methyl sites for hydroxylation is 1. The molecule has 0 atom stereocenters. The third-order valence-electron chi connectivity index (χ3n) is 4.22. The Balaban J connectivity index is 2.01. The number of nitrogens with two attached hydrogens (primary N) is 1. The van der Waals surface area contributed by atoms with Crippen LogP contribution in [0.25, 0.3) is 28.2 Å². The van der Waals surface area contributed by atoms with Crippen LogP contribution in [0.1, 0.15) is 11.3 Å². The van der Waals surface area contributed by atoms with Crippen molar-refractivity contribution in [2.24, 2.45) is 5.73 Å². The van der Waals surface area contributed by atoms with Crippen LogP contribution in [0.2, 0.25) is 0 Å². The van der Waals surface area contributed by atoms with Crippen LogP contribution >= 0.6 is 12.2 Å². The van der Waals surface area contributed by atoms with Crippen molar-refractivity contribution in [1.82, 2.24) is 14.6 Å². The molecule has 0 saturated carbocycles. The number of fused-ring (bicyclic) bond motifs is 1. The Bertz CT molecular complexity index is 1120. The molecule has 0 bridgehead atoms. The second-order valence-corrected chi connectivity index (χ2v) is 6.42. The molecule has 0 unspecified atom stereocenters. The topological polar surface area (TPSA) is 56.2 Å². The Morgan fingerprint density at radius 2 is 1.73 bits per heavy atom. The summed E-state index contributed by atoms with van der Waals surface area (Å²) in [4.78, 5) is 4.90. The minimum absolute atomic E-state index is 0.223. The molecule has 0 saturated heterocycles. The molecule has 2 heterocycles. The highest BCUT2D eigenvalue weighted by molar-refractivity contribution is 7.80. The van der Waals surface area contributed by atoms with Gasteiger partial charge in [0, 0.05) is 11.3 Å². The highest BCUT2D eigenvalue weighted by atomic mass is 32.1. The lowest BCUT2D eigenvalue weighted by atomic mass is 10.00. The summed E-state index contributed by atoms with van der Waals surface area (Å²) in [5.74, 6) is 0.305. The first-order chi connectivity index (χ1) is 12.5. The third kappa shape index (κ3) is 2.74. The van der Waals surface area contributed by atoms with Crippen molar-refractivity contribution >= 4 is 22.9 Å². The average Bonchev–Trinajstić information content (AvgIpc) is 3.08. The highest BCUT2D eigenvalue weighted by Gasteiger charge is 2.18. The lowest BCUT2D eigenvalue weighted by molar-refractivity contribution is 0.628. The van der Waals surface area contributed by atoms with E-state index in [2.05, 4.69) is 10.1 Å². The van der Waals surface area contributed by atoms with Crippen molar-refractivity contribution in [3.05, 3.63) is 77.7 Å². The van der Waals surface area contributed by atoms with Crippen molar-refractivity contribution in [2.75, 3.05) is 0 Å². The van der Waals surface area contributed by atoms with E-state index in [0.717, 1.165) is 22.4 Å². The van der Waals surface area contributed by atoms with Gasteiger partial charge in [-0.15, -0.1) is 5.10 Å². The van der Waals surface area contributed by atoms with E-state index in [-0.39, 0.29) is 10.8 Å². The summed E-state index contributed by atoms with van der Waals surface area (Å²) in [7, 11) is 0. The minimum atomic E-state index is -0.294. The Hall–Kier alpha value is -3.12. The Labute approximate surface area is 155 Å². The minimum Gasteiger partial charge on any atom is -0.389 e. The molecule has 4 rings (SSSR count). The van der Waals surface area contributed by atoms with E-state index in [1.165, 1.54) is 12.1 Å². The Kier molecular flexibility index (Phi) is 3.97. The van der Waals surface area contributed by atoms with Gasteiger partial charge in [-0.05, 0) is 36.2 Å². The number of rotatable bonds is 3. The maximum atomic E-state index is 13.3. The number of hydrogen-bond donors (Lipinski definition) is 1. The van der Waals surface area contributed by atoms with Crippen LogP contribution < -0.4 is 5.73 Å². The highest BCUT2D eigenvalue weighted by Crippen LogP contribution is 2.29. The van der Waals surface area contributed by atoms with E-state index < -0.39 is 0 Å². The third-order valence-corrected chi connectivity index (χ3v) is 4.43. The summed E-state index contributed by atoms with van der Waals surface area (Å²) >= 11 is 5.29. The summed E-state index contributed by atoms with van der Waals surface area (Å²) in [6.45, 7) is 1.94. The van der Waals surface area contributed by atoms with E-state index in [1.807, 2.05) is 43.3 Å². The zero-order valence-electron chi connectivity index (χ0n) is 14.0. The Morgan fingerprint density at radius 1 is 1.04 bits per heavy atom. The van der Waals surface area contributed by atoms with Gasteiger partial charge in [-0.2, -0.15) is 0 Å². The van der Waals surface area contributed by atoms with Crippen LogP contribution in [0, 0.1) is 12.7 Å². The van der Waals surface area contributed by atoms with Crippen molar-refractivity contribution in [3.63, 3.8) is 0 Å². The Morgan fingerprint density at radius 3 is 2.38 bits per heavy atom. The molecular formula is C20H15FN4S. The number of halogens is 1. The maximum absolute atomic E-state index is 13.3. The zero-order chi connectivity index (χ0) is 18.3. The lowest BCUT2D eigenvalue weighted by Crippen LogP contribution is -2.14. The molecule has 26 heavy (non-hydrogen) atoms. The summed E-state index contributed by atoms with van der Waals surface area (Å²) in [5.41, 5.74) is 10.7. The van der Waals surface area contributed by atoms with Crippen molar-refractivity contribution in [2.45, 2.75) is 6.92 Å². The van der Waals surface area contributed by atoms with Crippen molar-refractivity contribution in [1.29, 1.82) is 0 Å². The molecule has 2 aromatic carbocycles. The van der Waals surface area contributed by atoms with Gasteiger partial charge < -0.3 is 5.73 Å². The number of pyridine rings is 1. The van der Waals surface area contributed by atoms with Gasteiger partial charge in [0.25, 0.3) is 0 Å². The zero-order valence-corrected chi connectivity index (χ0v) is 14.8. The van der Waals surface area contributed by atoms with Crippen LogP contribution in [0.4, 0.5) is 4.39 Å². The van der Waals surface area contributed by atoms with E-state index in [0.29, 0.717) is 17.0 Å². The van der Waals surface area contributed by atoms with Gasteiger partial charge in [-0.3, -0.25) is 0 Å². The van der Waals surface area contributed by atoms with Gasteiger partial charge in [0.05, 0.1) is 5.56 Å². The normalized spacial score (nSPS) is 11.0. The molecule has 6 heteroatoms. The van der Waals surface area contributed by atoms with Gasteiger partial charge in [0.1, 0.15) is 10.8 Å². The molecule has 4 aromatic rings. The van der Waals surface area contributed by atoms with E-state index in [4.69, 9.17) is 18.0 Å². The predicted molar refractivity (Wildman–Crippen MR) is 104 cm³/mol.